The number of nitrogens with zero attached hydrogens (tertiary/aromatic N) is 2. The van der Waals surface area contributed by atoms with Gasteiger partial charge >= 0.3 is 11.9 Å². The number of benzene rings is 1. The molecule has 1 aliphatic rings. The molecular formula is C35H50N2O8S2. The van der Waals surface area contributed by atoms with Crippen molar-refractivity contribution >= 4 is 35.5 Å². The number of aliphatic hydroxyl groups is 2. The van der Waals surface area contributed by atoms with E-state index in [1.54, 1.807) is 0 Å². The van der Waals surface area contributed by atoms with Crippen LogP contribution in [-0.4, -0.2) is 61.8 Å². The zero-order chi connectivity index (χ0) is 34.1. The van der Waals surface area contributed by atoms with Crippen LogP contribution in [-0.2, 0) is 19.1 Å². The summed E-state index contributed by atoms with van der Waals surface area (Å²) in [5.41, 5.74) is 1.03. The summed E-state index contributed by atoms with van der Waals surface area (Å²) in [5.74, 6) is 1.11. The summed E-state index contributed by atoms with van der Waals surface area (Å²) in [6.07, 6.45) is 13.3. The number of hydrogen-bond donors (Lipinski definition) is 2. The molecule has 1 heterocycles. The lowest BCUT2D eigenvalue weighted by molar-refractivity contribution is -0.145. The smallest absolute Gasteiger partial charge is 0.305 e. The van der Waals surface area contributed by atoms with E-state index in [0.29, 0.717) is 43.1 Å². The van der Waals surface area contributed by atoms with E-state index >= 15 is 0 Å². The lowest BCUT2D eigenvalue weighted by Crippen LogP contribution is -2.06. The second-order valence-electron chi connectivity index (χ2n) is 11.3. The Morgan fingerprint density at radius 2 is 1.13 bits per heavy atom. The Bertz CT molecular complexity index is 1210. The van der Waals surface area contributed by atoms with Gasteiger partial charge < -0.3 is 29.2 Å². The molecule has 0 aliphatic carbocycles. The van der Waals surface area contributed by atoms with Crippen LogP contribution in [0, 0.1) is 29.6 Å². The Labute approximate surface area is 288 Å². The van der Waals surface area contributed by atoms with Crippen LogP contribution in [0.15, 0.2) is 25.7 Å². The topological polar surface area (TPSA) is 159 Å². The quantitative estimate of drug-likeness (QED) is 0.0560. The standard InChI is InChI=1S/C35H50N2O8S2/c1-27-24-29(42-20-12-8-4-2-6-10-16-30(40)43-22-14-18-38)33-34(47-35(46-33)28(25-36)26-37)32(27)45-21-13-9-5-3-7-11-17-31(41)44-23-15-19-39/h24,38-39H,2-23H2,1H3. The van der Waals surface area contributed by atoms with E-state index < -0.39 is 0 Å². The van der Waals surface area contributed by atoms with E-state index in [4.69, 9.17) is 29.2 Å². The van der Waals surface area contributed by atoms with Crippen molar-refractivity contribution in [2.24, 2.45) is 0 Å². The summed E-state index contributed by atoms with van der Waals surface area (Å²) < 4.78 is 23.2. The summed E-state index contributed by atoms with van der Waals surface area (Å²) in [6, 6.07) is 5.99. The number of aryl methyl sites for hydroxylation is 1. The molecule has 10 nitrogen and oxygen atoms in total. The Hall–Kier alpha value is -2.90. The van der Waals surface area contributed by atoms with Crippen LogP contribution in [0.1, 0.15) is 108 Å². The third kappa shape index (κ3) is 16.2. The number of aliphatic hydroxyl groups excluding tert-OH is 2. The molecule has 0 saturated heterocycles. The molecule has 260 valence electrons. The molecule has 0 radical (unpaired) electrons. The number of rotatable bonds is 26. The Kier molecular flexibility index (Phi) is 21.6. The first-order chi connectivity index (χ1) is 22.9. The van der Waals surface area contributed by atoms with Gasteiger partial charge in [-0.05, 0) is 44.2 Å². The SMILES string of the molecule is Cc1cc(OCCCCCCCCC(=O)OCCCO)c2c(c1OCCCCCCCCC(=O)OCCCO)SC(=C(C#N)C#N)S2. The van der Waals surface area contributed by atoms with Gasteiger partial charge in [0.05, 0.1) is 40.5 Å². The number of fused-ring (bicyclic) bond motifs is 1. The summed E-state index contributed by atoms with van der Waals surface area (Å²) in [6.45, 7) is 3.71. The summed E-state index contributed by atoms with van der Waals surface area (Å²) in [7, 11) is 0. The highest BCUT2D eigenvalue weighted by atomic mass is 32.2. The number of ether oxygens (including phenoxy) is 4. The number of unbranched alkanes of at least 4 members (excludes halogenated alkanes) is 10. The zero-order valence-electron chi connectivity index (χ0n) is 27.7. The van der Waals surface area contributed by atoms with Gasteiger partial charge in [-0.3, -0.25) is 9.59 Å². The third-order valence-corrected chi connectivity index (χ3v) is 9.96. The summed E-state index contributed by atoms with van der Waals surface area (Å²) >= 11 is 2.78. The number of allylic oxidation sites excluding steroid dienone is 1. The van der Waals surface area contributed by atoms with Crippen molar-refractivity contribution in [2.75, 3.05) is 39.6 Å². The molecule has 1 aliphatic heterocycles. The molecule has 0 aromatic heterocycles. The van der Waals surface area contributed by atoms with E-state index in [1.165, 1.54) is 23.5 Å². The van der Waals surface area contributed by atoms with Gasteiger partial charge in [-0.25, -0.2) is 0 Å². The Morgan fingerprint density at radius 1 is 0.660 bits per heavy atom. The average Bonchev–Trinajstić information content (AvgIpc) is 3.50. The van der Waals surface area contributed by atoms with E-state index in [0.717, 1.165) is 104 Å². The molecule has 0 saturated carbocycles. The molecule has 0 spiro atoms. The van der Waals surface area contributed by atoms with Crippen molar-refractivity contribution in [1.82, 2.24) is 0 Å². The second-order valence-corrected chi connectivity index (χ2v) is 13.6. The fourth-order valence-electron chi connectivity index (χ4n) is 4.78. The Balaban J connectivity index is 1.77. The molecule has 0 amide bonds. The first kappa shape index (κ1) is 40.3. The molecule has 0 fully saturated rings. The minimum absolute atomic E-state index is 0.0264. The van der Waals surface area contributed by atoms with Gasteiger partial charge in [-0.15, -0.1) is 0 Å². The van der Waals surface area contributed by atoms with E-state index in [-0.39, 0.29) is 43.9 Å². The van der Waals surface area contributed by atoms with Crippen LogP contribution in [0.5, 0.6) is 11.5 Å². The molecule has 0 unspecified atom stereocenters. The Morgan fingerprint density at radius 3 is 1.64 bits per heavy atom. The summed E-state index contributed by atoms with van der Waals surface area (Å²) in [4.78, 5) is 25.0. The van der Waals surface area contributed by atoms with E-state index in [9.17, 15) is 20.1 Å². The van der Waals surface area contributed by atoms with Crippen LogP contribution < -0.4 is 9.47 Å². The highest BCUT2D eigenvalue weighted by Crippen LogP contribution is 2.59. The average molecular weight is 691 g/mol. The maximum absolute atomic E-state index is 11.6. The summed E-state index contributed by atoms with van der Waals surface area (Å²) in [5, 5.41) is 36.4. The van der Waals surface area contributed by atoms with Crippen molar-refractivity contribution in [2.45, 2.75) is 119 Å². The van der Waals surface area contributed by atoms with Crippen LogP contribution in [0.2, 0.25) is 0 Å². The van der Waals surface area contributed by atoms with Crippen molar-refractivity contribution in [3.63, 3.8) is 0 Å². The number of thioether (sulfide) groups is 2. The maximum atomic E-state index is 11.6. The molecule has 12 heteroatoms. The predicted molar refractivity (Wildman–Crippen MR) is 182 cm³/mol. The van der Waals surface area contributed by atoms with Crippen molar-refractivity contribution in [1.29, 1.82) is 10.5 Å². The number of carbonyl (C=O) groups excluding carboxylic acids is 2. The molecule has 0 atom stereocenters. The van der Waals surface area contributed by atoms with E-state index in [1.807, 2.05) is 25.1 Å². The predicted octanol–water partition coefficient (Wildman–Crippen LogP) is 7.52. The minimum atomic E-state index is -0.201. The third-order valence-electron chi connectivity index (χ3n) is 7.34. The lowest BCUT2D eigenvalue weighted by atomic mass is 10.1. The fraction of sp³-hybridized carbons (Fsp3) is 0.657. The van der Waals surface area contributed by atoms with Gasteiger partial charge in [-0.2, -0.15) is 10.5 Å². The molecule has 0 bridgehead atoms. The van der Waals surface area contributed by atoms with Gasteiger partial charge in [0.15, 0.2) is 0 Å². The van der Waals surface area contributed by atoms with Crippen LogP contribution in [0.3, 0.4) is 0 Å². The highest BCUT2D eigenvalue weighted by Gasteiger charge is 2.30. The van der Waals surface area contributed by atoms with Crippen LogP contribution in [0.25, 0.3) is 0 Å². The maximum Gasteiger partial charge on any atom is 0.305 e. The van der Waals surface area contributed by atoms with Crippen LogP contribution >= 0.6 is 23.5 Å². The number of esters is 2. The van der Waals surface area contributed by atoms with Gasteiger partial charge in [-0.1, -0.05) is 74.9 Å². The van der Waals surface area contributed by atoms with E-state index in [2.05, 4.69) is 0 Å². The molecule has 47 heavy (non-hydrogen) atoms. The van der Waals surface area contributed by atoms with Crippen molar-refractivity contribution < 1.29 is 38.7 Å². The first-order valence-corrected chi connectivity index (χ1v) is 18.4. The minimum Gasteiger partial charge on any atom is -0.492 e. The molecule has 1 aromatic rings. The molecule has 1 aromatic carbocycles. The highest BCUT2D eigenvalue weighted by molar-refractivity contribution is 8.24. The van der Waals surface area contributed by atoms with Crippen molar-refractivity contribution in [3.05, 3.63) is 21.4 Å². The largest absolute Gasteiger partial charge is 0.492 e. The van der Waals surface area contributed by atoms with Gasteiger partial charge in [0.1, 0.15) is 29.2 Å². The zero-order valence-corrected chi connectivity index (χ0v) is 29.3. The normalized spacial score (nSPS) is 11.8. The van der Waals surface area contributed by atoms with Gasteiger partial charge in [0.25, 0.3) is 0 Å². The number of nitriles is 2. The number of carbonyl (C=O) groups is 2. The van der Waals surface area contributed by atoms with Crippen molar-refractivity contribution in [3.8, 4) is 23.6 Å². The molecule has 2 N–H and O–H groups in total. The monoisotopic (exact) mass is 690 g/mol. The van der Waals surface area contributed by atoms with Crippen LogP contribution in [0.4, 0.5) is 0 Å². The van der Waals surface area contributed by atoms with Gasteiger partial charge in [0.2, 0.25) is 0 Å². The molecule has 2 rings (SSSR count). The second kappa shape index (κ2) is 25.2. The number of hydrogen-bond acceptors (Lipinski definition) is 12. The molecular weight excluding hydrogens is 641 g/mol. The van der Waals surface area contributed by atoms with Gasteiger partial charge in [0, 0.05) is 38.9 Å². The lowest BCUT2D eigenvalue weighted by Gasteiger charge is -2.16. The fourth-order valence-corrected chi connectivity index (χ4v) is 7.37. The first-order valence-electron chi connectivity index (χ1n) is 16.8.